The van der Waals surface area contributed by atoms with Crippen molar-refractivity contribution in [1.82, 2.24) is 5.32 Å². The summed E-state index contributed by atoms with van der Waals surface area (Å²) in [5.74, 6) is -0.253. The molecule has 0 aliphatic carbocycles. The normalized spacial score (nSPS) is 23.8. The molecule has 20 heavy (non-hydrogen) atoms. The molecule has 2 atom stereocenters. The number of nitrogens with one attached hydrogen (secondary N) is 1. The molecule has 4 nitrogen and oxygen atoms in total. The second kappa shape index (κ2) is 5.09. The van der Waals surface area contributed by atoms with Crippen LogP contribution in [0.2, 0.25) is 5.02 Å². The van der Waals surface area contributed by atoms with Crippen molar-refractivity contribution in [3.63, 3.8) is 0 Å². The fourth-order valence-electron chi connectivity index (χ4n) is 2.34. The molecular formula is C15H19ClN2O2. The molecule has 0 spiro atoms. The zero-order chi connectivity index (χ0) is 15.1. The van der Waals surface area contributed by atoms with Crippen LogP contribution in [0.25, 0.3) is 0 Å². The molecule has 1 fully saturated rings. The molecule has 1 aromatic carbocycles. The fourth-order valence-corrected chi connectivity index (χ4v) is 2.52. The summed E-state index contributed by atoms with van der Waals surface area (Å²) in [5.41, 5.74) is 0.308. The van der Waals surface area contributed by atoms with Crippen LogP contribution in [0.15, 0.2) is 24.3 Å². The Hall–Kier alpha value is -1.55. The minimum absolute atomic E-state index is 0.105. The summed E-state index contributed by atoms with van der Waals surface area (Å²) >= 11 is 5.98. The van der Waals surface area contributed by atoms with E-state index in [1.807, 2.05) is 20.8 Å². The number of hydrogen-bond acceptors (Lipinski definition) is 2. The molecule has 1 aliphatic rings. The third-order valence-corrected chi connectivity index (χ3v) is 3.73. The number of piperazine rings is 1. The van der Waals surface area contributed by atoms with Crippen molar-refractivity contribution in [3.05, 3.63) is 29.3 Å². The van der Waals surface area contributed by atoms with Crippen LogP contribution < -0.4 is 10.2 Å². The highest BCUT2D eigenvalue weighted by atomic mass is 35.5. The van der Waals surface area contributed by atoms with Gasteiger partial charge in [0.1, 0.15) is 12.1 Å². The quantitative estimate of drug-likeness (QED) is 0.865. The Bertz CT molecular complexity index is 551. The molecule has 5 heteroatoms. The van der Waals surface area contributed by atoms with Gasteiger partial charge in [0.2, 0.25) is 5.91 Å². The first-order valence-corrected chi connectivity index (χ1v) is 6.98. The summed E-state index contributed by atoms with van der Waals surface area (Å²) in [6.07, 6.45) is 0. The summed E-state index contributed by atoms with van der Waals surface area (Å²) in [5, 5.41) is 3.35. The lowest BCUT2D eigenvalue weighted by molar-refractivity contribution is -0.136. The van der Waals surface area contributed by atoms with E-state index in [-0.39, 0.29) is 17.2 Å². The SMILES string of the molecule is CC1C(=O)NC(C(C)(C)C)C(=O)N1c1cccc(Cl)c1. The summed E-state index contributed by atoms with van der Waals surface area (Å²) in [6.45, 7) is 7.51. The average molecular weight is 295 g/mol. The van der Waals surface area contributed by atoms with Gasteiger partial charge in [-0.15, -0.1) is 0 Å². The van der Waals surface area contributed by atoms with Crippen molar-refractivity contribution in [2.75, 3.05) is 4.90 Å². The van der Waals surface area contributed by atoms with Crippen LogP contribution in [-0.4, -0.2) is 23.9 Å². The van der Waals surface area contributed by atoms with E-state index in [9.17, 15) is 9.59 Å². The molecule has 108 valence electrons. The van der Waals surface area contributed by atoms with E-state index in [4.69, 9.17) is 11.6 Å². The zero-order valence-electron chi connectivity index (χ0n) is 12.1. The molecular weight excluding hydrogens is 276 g/mol. The minimum atomic E-state index is -0.542. The van der Waals surface area contributed by atoms with Crippen molar-refractivity contribution in [3.8, 4) is 0 Å². The van der Waals surface area contributed by atoms with Crippen LogP contribution in [0, 0.1) is 5.41 Å². The molecule has 1 heterocycles. The van der Waals surface area contributed by atoms with Gasteiger partial charge < -0.3 is 5.32 Å². The molecule has 2 unspecified atom stereocenters. The highest BCUT2D eigenvalue weighted by Crippen LogP contribution is 2.29. The molecule has 2 amide bonds. The van der Waals surface area contributed by atoms with Gasteiger partial charge in [0.05, 0.1) is 0 Å². The standard InChI is InChI=1S/C15H19ClN2O2/c1-9-13(19)17-12(15(2,3)4)14(20)18(9)11-7-5-6-10(16)8-11/h5-9,12H,1-4H3,(H,17,19). The van der Waals surface area contributed by atoms with E-state index in [0.29, 0.717) is 10.7 Å². The minimum Gasteiger partial charge on any atom is -0.342 e. The molecule has 0 saturated carbocycles. The van der Waals surface area contributed by atoms with Gasteiger partial charge in [-0.1, -0.05) is 38.4 Å². The lowest BCUT2D eigenvalue weighted by atomic mass is 9.84. The number of nitrogens with zero attached hydrogens (tertiary/aromatic N) is 1. The molecule has 1 aliphatic heterocycles. The maximum Gasteiger partial charge on any atom is 0.250 e. The lowest BCUT2D eigenvalue weighted by Gasteiger charge is -2.42. The van der Waals surface area contributed by atoms with Gasteiger partial charge >= 0.3 is 0 Å². The van der Waals surface area contributed by atoms with Gasteiger partial charge in [-0.3, -0.25) is 14.5 Å². The first kappa shape index (κ1) is 14.9. The van der Waals surface area contributed by atoms with Crippen LogP contribution >= 0.6 is 11.6 Å². The monoisotopic (exact) mass is 294 g/mol. The first-order valence-electron chi connectivity index (χ1n) is 6.61. The first-order chi connectivity index (χ1) is 9.21. The Balaban J connectivity index is 2.44. The maximum absolute atomic E-state index is 12.7. The Morgan fingerprint density at radius 3 is 2.45 bits per heavy atom. The topological polar surface area (TPSA) is 49.4 Å². The number of carbonyl (C=O) groups excluding carboxylic acids is 2. The highest BCUT2D eigenvalue weighted by molar-refractivity contribution is 6.31. The molecule has 1 saturated heterocycles. The lowest BCUT2D eigenvalue weighted by Crippen LogP contribution is -2.66. The largest absolute Gasteiger partial charge is 0.342 e. The Morgan fingerprint density at radius 1 is 1.25 bits per heavy atom. The summed E-state index contributed by atoms with van der Waals surface area (Å²) in [4.78, 5) is 26.4. The third-order valence-electron chi connectivity index (χ3n) is 3.49. The number of hydrogen-bond donors (Lipinski definition) is 1. The second-order valence-corrected chi connectivity index (χ2v) is 6.61. The molecule has 1 N–H and O–H groups in total. The third kappa shape index (κ3) is 2.66. The number of anilines is 1. The van der Waals surface area contributed by atoms with Gasteiger partial charge in [-0.2, -0.15) is 0 Å². The molecule has 0 radical (unpaired) electrons. The Kier molecular flexibility index (Phi) is 3.78. The van der Waals surface area contributed by atoms with Gasteiger partial charge in [-0.05, 0) is 30.5 Å². The van der Waals surface area contributed by atoms with E-state index in [1.54, 1.807) is 31.2 Å². The van der Waals surface area contributed by atoms with Gasteiger partial charge in [-0.25, -0.2) is 0 Å². The molecule has 0 aromatic heterocycles. The van der Waals surface area contributed by atoms with Crippen LogP contribution in [0.3, 0.4) is 0 Å². The Morgan fingerprint density at radius 2 is 1.90 bits per heavy atom. The van der Waals surface area contributed by atoms with Gasteiger partial charge in [0, 0.05) is 10.7 Å². The summed E-state index contributed by atoms with van der Waals surface area (Å²) < 4.78 is 0. The highest BCUT2D eigenvalue weighted by Gasteiger charge is 2.44. The second-order valence-electron chi connectivity index (χ2n) is 6.17. The van der Waals surface area contributed by atoms with Crippen molar-refractivity contribution >= 4 is 29.1 Å². The molecule has 0 bridgehead atoms. The zero-order valence-corrected chi connectivity index (χ0v) is 12.9. The van der Waals surface area contributed by atoms with Crippen molar-refractivity contribution < 1.29 is 9.59 Å². The van der Waals surface area contributed by atoms with Crippen molar-refractivity contribution in [1.29, 1.82) is 0 Å². The van der Waals surface area contributed by atoms with Gasteiger partial charge in [0.15, 0.2) is 0 Å². The number of halogens is 1. The average Bonchev–Trinajstić information content (AvgIpc) is 2.33. The smallest absolute Gasteiger partial charge is 0.250 e. The number of carbonyl (C=O) groups is 2. The maximum atomic E-state index is 12.7. The Labute approximate surface area is 124 Å². The molecule has 2 rings (SSSR count). The number of benzene rings is 1. The predicted molar refractivity (Wildman–Crippen MR) is 79.8 cm³/mol. The van der Waals surface area contributed by atoms with Crippen molar-refractivity contribution in [2.45, 2.75) is 39.8 Å². The molecule has 1 aromatic rings. The van der Waals surface area contributed by atoms with E-state index < -0.39 is 12.1 Å². The van der Waals surface area contributed by atoms with Crippen LogP contribution in [0.5, 0.6) is 0 Å². The van der Waals surface area contributed by atoms with E-state index in [0.717, 1.165) is 0 Å². The predicted octanol–water partition coefficient (Wildman–Crippen LogP) is 2.61. The van der Waals surface area contributed by atoms with Crippen LogP contribution in [-0.2, 0) is 9.59 Å². The van der Waals surface area contributed by atoms with Crippen LogP contribution in [0.1, 0.15) is 27.7 Å². The fraction of sp³-hybridized carbons (Fsp3) is 0.467. The van der Waals surface area contributed by atoms with Gasteiger partial charge in [0.25, 0.3) is 5.91 Å². The van der Waals surface area contributed by atoms with Crippen LogP contribution in [0.4, 0.5) is 5.69 Å². The van der Waals surface area contributed by atoms with E-state index >= 15 is 0 Å². The number of amides is 2. The van der Waals surface area contributed by atoms with E-state index in [1.165, 1.54) is 4.90 Å². The van der Waals surface area contributed by atoms with E-state index in [2.05, 4.69) is 5.32 Å². The summed E-state index contributed by atoms with van der Waals surface area (Å²) in [7, 11) is 0. The number of rotatable bonds is 1. The van der Waals surface area contributed by atoms with Crippen molar-refractivity contribution in [2.24, 2.45) is 5.41 Å². The summed E-state index contributed by atoms with van der Waals surface area (Å²) in [6, 6.07) is 5.93.